The van der Waals surface area contributed by atoms with Gasteiger partial charge >= 0.3 is 5.97 Å². The van der Waals surface area contributed by atoms with Crippen LogP contribution in [0.2, 0.25) is 0 Å². The van der Waals surface area contributed by atoms with Crippen LogP contribution in [0, 0.1) is 0 Å². The number of hydrogen-bond donors (Lipinski definition) is 1. The maximum absolute atomic E-state index is 11.0. The summed E-state index contributed by atoms with van der Waals surface area (Å²) in [6, 6.07) is 8.20. The van der Waals surface area contributed by atoms with Crippen molar-refractivity contribution in [2.45, 2.75) is 117 Å². The van der Waals surface area contributed by atoms with Gasteiger partial charge in [-0.2, -0.15) is 0 Å². The Labute approximate surface area is 180 Å². The fraction of sp³-hybridized carbons (Fsp3) is 0.731. The second kappa shape index (κ2) is 17.4. The molecule has 29 heavy (non-hydrogen) atoms. The van der Waals surface area contributed by atoms with Gasteiger partial charge in [-0.1, -0.05) is 103 Å². The molecule has 1 rings (SSSR count). The molecule has 0 saturated carbocycles. The average molecular weight is 404 g/mol. The first-order valence-electron chi connectivity index (χ1n) is 12.1. The Bertz CT molecular complexity index is 512. The lowest BCUT2D eigenvalue weighted by atomic mass is 10.0. The first-order valence-corrected chi connectivity index (χ1v) is 12.1. The van der Waals surface area contributed by atoms with Gasteiger partial charge in [0.05, 0.1) is 0 Å². The molecule has 0 aliphatic heterocycles. The summed E-state index contributed by atoms with van der Waals surface area (Å²) in [4.78, 5) is 11.0. The van der Waals surface area contributed by atoms with E-state index in [2.05, 4.69) is 24.4 Å². The molecule has 0 fully saturated rings. The van der Waals surface area contributed by atoms with Crippen LogP contribution < -0.4 is 5.32 Å². The number of benzene rings is 1. The summed E-state index contributed by atoms with van der Waals surface area (Å²) in [5, 5.41) is 3.49. The van der Waals surface area contributed by atoms with E-state index in [1.165, 1.54) is 96.8 Å². The molecule has 1 atom stereocenters. The number of unbranched alkanes of at least 4 members (excludes halogenated alkanes) is 13. The molecule has 0 aromatic heterocycles. The van der Waals surface area contributed by atoms with Gasteiger partial charge < -0.3 is 10.1 Å². The zero-order valence-corrected chi connectivity index (χ0v) is 19.3. The minimum atomic E-state index is -0.238. The third-order valence-corrected chi connectivity index (χ3v) is 5.58. The highest BCUT2D eigenvalue weighted by Gasteiger charge is 2.07. The fourth-order valence-corrected chi connectivity index (χ4v) is 3.74. The number of anilines is 1. The maximum Gasteiger partial charge on any atom is 0.303 e. The van der Waals surface area contributed by atoms with E-state index in [1.54, 1.807) is 0 Å². The lowest BCUT2D eigenvalue weighted by Gasteiger charge is -2.13. The highest BCUT2D eigenvalue weighted by Crippen LogP contribution is 2.19. The van der Waals surface area contributed by atoms with Crippen molar-refractivity contribution in [3.05, 3.63) is 29.8 Å². The van der Waals surface area contributed by atoms with Crippen molar-refractivity contribution in [1.29, 1.82) is 0 Å². The molecule has 166 valence electrons. The SMILES string of the molecule is CCCCCCCCCCCCCCCCNc1ccc(C(C)OC(C)=O)cc1. The zero-order chi connectivity index (χ0) is 21.2. The third kappa shape index (κ3) is 14.2. The summed E-state index contributed by atoms with van der Waals surface area (Å²) >= 11 is 0. The number of nitrogens with one attached hydrogen (secondary N) is 1. The van der Waals surface area contributed by atoms with Gasteiger partial charge in [-0.25, -0.2) is 0 Å². The minimum Gasteiger partial charge on any atom is -0.458 e. The fourth-order valence-electron chi connectivity index (χ4n) is 3.74. The van der Waals surface area contributed by atoms with E-state index < -0.39 is 0 Å². The molecule has 0 bridgehead atoms. The van der Waals surface area contributed by atoms with Gasteiger partial charge in [0.25, 0.3) is 0 Å². The topological polar surface area (TPSA) is 38.3 Å². The van der Waals surface area contributed by atoms with Crippen LogP contribution in [-0.2, 0) is 9.53 Å². The van der Waals surface area contributed by atoms with Crippen LogP contribution in [0.4, 0.5) is 5.69 Å². The Kier molecular flexibility index (Phi) is 15.3. The summed E-state index contributed by atoms with van der Waals surface area (Å²) in [5.41, 5.74) is 2.17. The smallest absolute Gasteiger partial charge is 0.303 e. The van der Waals surface area contributed by atoms with Gasteiger partial charge in [-0.3, -0.25) is 4.79 Å². The number of hydrogen-bond acceptors (Lipinski definition) is 3. The van der Waals surface area contributed by atoms with Crippen LogP contribution in [-0.4, -0.2) is 12.5 Å². The number of rotatable bonds is 18. The normalized spacial score (nSPS) is 12.0. The second-order valence-electron chi connectivity index (χ2n) is 8.40. The van der Waals surface area contributed by atoms with Gasteiger partial charge in [0, 0.05) is 19.2 Å². The van der Waals surface area contributed by atoms with E-state index >= 15 is 0 Å². The molecular weight excluding hydrogens is 358 g/mol. The molecule has 1 N–H and O–H groups in total. The molecule has 0 amide bonds. The number of carbonyl (C=O) groups is 1. The number of esters is 1. The first kappa shape index (κ1) is 25.5. The molecule has 0 spiro atoms. The Balaban J connectivity index is 1.91. The van der Waals surface area contributed by atoms with E-state index in [9.17, 15) is 4.79 Å². The minimum absolute atomic E-state index is 0.188. The number of ether oxygens (including phenoxy) is 1. The molecule has 1 aromatic rings. The third-order valence-electron chi connectivity index (χ3n) is 5.58. The van der Waals surface area contributed by atoms with Crippen LogP contribution in [0.5, 0.6) is 0 Å². The monoisotopic (exact) mass is 403 g/mol. The highest BCUT2D eigenvalue weighted by atomic mass is 16.5. The van der Waals surface area contributed by atoms with Crippen molar-refractivity contribution >= 4 is 11.7 Å². The number of carbonyl (C=O) groups excluding carboxylic acids is 1. The summed E-state index contributed by atoms with van der Waals surface area (Å²) in [7, 11) is 0. The predicted molar refractivity (Wildman–Crippen MR) is 125 cm³/mol. The first-order chi connectivity index (χ1) is 14.1. The van der Waals surface area contributed by atoms with E-state index in [4.69, 9.17) is 4.74 Å². The van der Waals surface area contributed by atoms with Crippen molar-refractivity contribution in [2.75, 3.05) is 11.9 Å². The van der Waals surface area contributed by atoms with E-state index in [0.717, 1.165) is 17.8 Å². The quantitative estimate of drug-likeness (QED) is 0.198. The van der Waals surface area contributed by atoms with Crippen LogP contribution >= 0.6 is 0 Å². The van der Waals surface area contributed by atoms with Crippen molar-refractivity contribution in [1.82, 2.24) is 0 Å². The van der Waals surface area contributed by atoms with Crippen molar-refractivity contribution < 1.29 is 9.53 Å². The van der Waals surface area contributed by atoms with Crippen molar-refractivity contribution in [2.24, 2.45) is 0 Å². The highest BCUT2D eigenvalue weighted by molar-refractivity contribution is 5.66. The van der Waals surface area contributed by atoms with Crippen LogP contribution in [0.3, 0.4) is 0 Å². The molecular formula is C26H45NO2. The van der Waals surface area contributed by atoms with E-state index in [0.29, 0.717) is 0 Å². The van der Waals surface area contributed by atoms with E-state index in [-0.39, 0.29) is 12.1 Å². The summed E-state index contributed by atoms with van der Waals surface area (Å²) in [5.74, 6) is -0.238. The maximum atomic E-state index is 11.0. The standard InChI is InChI=1S/C26H45NO2/c1-4-5-6-7-8-9-10-11-12-13-14-15-16-17-22-27-26-20-18-25(19-21-26)23(2)29-24(3)28/h18-21,23,27H,4-17,22H2,1-3H3. The van der Waals surface area contributed by atoms with E-state index in [1.807, 2.05) is 19.1 Å². The predicted octanol–water partition coefficient (Wildman–Crippen LogP) is 8.20. The molecule has 3 nitrogen and oxygen atoms in total. The lowest BCUT2D eigenvalue weighted by molar-refractivity contribution is -0.145. The molecule has 0 aliphatic rings. The summed E-state index contributed by atoms with van der Waals surface area (Å²) in [6.07, 6.45) is 19.3. The van der Waals surface area contributed by atoms with Gasteiger partial charge in [-0.05, 0) is 31.0 Å². The second-order valence-corrected chi connectivity index (χ2v) is 8.40. The lowest BCUT2D eigenvalue weighted by Crippen LogP contribution is -2.05. The Hall–Kier alpha value is -1.51. The largest absolute Gasteiger partial charge is 0.458 e. The molecule has 0 heterocycles. The van der Waals surface area contributed by atoms with Gasteiger partial charge in [0.15, 0.2) is 0 Å². The molecule has 3 heteroatoms. The van der Waals surface area contributed by atoms with Crippen molar-refractivity contribution in [3.63, 3.8) is 0 Å². The Morgan fingerprint density at radius 3 is 1.69 bits per heavy atom. The Morgan fingerprint density at radius 1 is 0.793 bits per heavy atom. The Morgan fingerprint density at radius 2 is 1.24 bits per heavy atom. The van der Waals surface area contributed by atoms with Crippen LogP contribution in [0.15, 0.2) is 24.3 Å². The van der Waals surface area contributed by atoms with Gasteiger partial charge in [0.1, 0.15) is 6.10 Å². The summed E-state index contributed by atoms with van der Waals surface area (Å²) < 4.78 is 5.21. The van der Waals surface area contributed by atoms with Gasteiger partial charge in [0.2, 0.25) is 0 Å². The van der Waals surface area contributed by atoms with Gasteiger partial charge in [-0.15, -0.1) is 0 Å². The molecule has 1 aromatic carbocycles. The molecule has 0 saturated heterocycles. The van der Waals surface area contributed by atoms with Crippen LogP contribution in [0.1, 0.15) is 122 Å². The summed E-state index contributed by atoms with van der Waals surface area (Å²) in [6.45, 7) is 6.66. The van der Waals surface area contributed by atoms with Crippen LogP contribution in [0.25, 0.3) is 0 Å². The average Bonchev–Trinajstić information content (AvgIpc) is 2.71. The zero-order valence-electron chi connectivity index (χ0n) is 19.3. The molecule has 0 aliphatic carbocycles. The molecule has 0 radical (unpaired) electrons. The van der Waals surface area contributed by atoms with Crippen molar-refractivity contribution in [3.8, 4) is 0 Å². The molecule has 1 unspecified atom stereocenters.